The number of rotatable bonds is 5. The van der Waals surface area contributed by atoms with E-state index in [9.17, 15) is 14.7 Å². The quantitative estimate of drug-likeness (QED) is 0.877. The van der Waals surface area contributed by atoms with Gasteiger partial charge in [-0.05, 0) is 56.0 Å². The van der Waals surface area contributed by atoms with E-state index in [0.717, 1.165) is 22.4 Å². The summed E-state index contributed by atoms with van der Waals surface area (Å²) in [6.07, 6.45) is 4.82. The van der Waals surface area contributed by atoms with Gasteiger partial charge >= 0.3 is 5.97 Å². The number of ether oxygens (including phenoxy) is 1. The lowest BCUT2D eigenvalue weighted by atomic mass is 9.97. The first-order valence-electron chi connectivity index (χ1n) is 9.10. The molecule has 3 rings (SSSR count). The molecule has 2 aromatic rings. The largest absolute Gasteiger partial charge is 0.488 e. The Morgan fingerprint density at radius 2 is 2.04 bits per heavy atom. The number of pyridine rings is 1. The summed E-state index contributed by atoms with van der Waals surface area (Å²) in [5.74, 6) is -0.672. The molecule has 27 heavy (non-hydrogen) atoms. The van der Waals surface area contributed by atoms with Gasteiger partial charge in [0.2, 0.25) is 0 Å². The zero-order valence-corrected chi connectivity index (χ0v) is 15.6. The fourth-order valence-electron chi connectivity index (χ4n) is 3.49. The predicted molar refractivity (Wildman–Crippen MR) is 101 cm³/mol. The van der Waals surface area contributed by atoms with Gasteiger partial charge in [-0.3, -0.25) is 14.6 Å². The van der Waals surface area contributed by atoms with Crippen LogP contribution in [0, 0.1) is 19.8 Å². The first-order chi connectivity index (χ1) is 13.0. The van der Waals surface area contributed by atoms with Gasteiger partial charge in [0, 0.05) is 36.6 Å². The first kappa shape index (κ1) is 18.9. The zero-order chi connectivity index (χ0) is 19.4. The van der Waals surface area contributed by atoms with Gasteiger partial charge in [0.15, 0.2) is 0 Å². The fraction of sp³-hybridized carbons (Fsp3) is 0.381. The van der Waals surface area contributed by atoms with Crippen LogP contribution >= 0.6 is 0 Å². The van der Waals surface area contributed by atoms with Crippen molar-refractivity contribution in [1.29, 1.82) is 0 Å². The third-order valence-corrected chi connectivity index (χ3v) is 4.87. The summed E-state index contributed by atoms with van der Waals surface area (Å²) in [7, 11) is 0. The summed E-state index contributed by atoms with van der Waals surface area (Å²) in [5, 5.41) is 9.23. The molecule has 6 heteroatoms. The number of carbonyl (C=O) groups excluding carboxylic acids is 1. The second-order valence-electron chi connectivity index (χ2n) is 7.02. The molecule has 142 valence electrons. The molecule has 1 atom stereocenters. The Balaban J connectivity index is 1.73. The average Bonchev–Trinajstić information content (AvgIpc) is 2.67. The van der Waals surface area contributed by atoms with Gasteiger partial charge in [0.05, 0.1) is 5.92 Å². The Kier molecular flexibility index (Phi) is 5.74. The minimum Gasteiger partial charge on any atom is -0.488 e. The number of carboxylic acid groups (broad SMARTS) is 1. The molecular formula is C21H24N2O4. The number of carboxylic acids is 1. The molecule has 0 spiro atoms. The third-order valence-electron chi connectivity index (χ3n) is 4.87. The van der Waals surface area contributed by atoms with Crippen LogP contribution < -0.4 is 4.74 Å². The number of amides is 1. The molecule has 0 unspecified atom stereocenters. The Labute approximate surface area is 158 Å². The summed E-state index contributed by atoms with van der Waals surface area (Å²) in [6.45, 7) is 5.11. The molecule has 1 aromatic carbocycles. The van der Waals surface area contributed by atoms with Crippen molar-refractivity contribution in [3.8, 4) is 5.75 Å². The number of piperidine rings is 1. The fourth-order valence-corrected chi connectivity index (χ4v) is 3.49. The highest BCUT2D eigenvalue weighted by molar-refractivity contribution is 5.95. The molecule has 1 amide bonds. The highest BCUT2D eigenvalue weighted by Crippen LogP contribution is 2.27. The number of likely N-dealkylation sites (tertiary alicyclic amines) is 1. The lowest BCUT2D eigenvalue weighted by Crippen LogP contribution is -2.42. The van der Waals surface area contributed by atoms with Gasteiger partial charge in [-0.2, -0.15) is 0 Å². The molecule has 1 fully saturated rings. The average molecular weight is 368 g/mol. The monoisotopic (exact) mass is 368 g/mol. The van der Waals surface area contributed by atoms with E-state index < -0.39 is 11.9 Å². The van der Waals surface area contributed by atoms with Crippen LogP contribution in [-0.4, -0.2) is 40.0 Å². The van der Waals surface area contributed by atoms with Crippen molar-refractivity contribution >= 4 is 11.9 Å². The van der Waals surface area contributed by atoms with Crippen molar-refractivity contribution in [3.05, 3.63) is 58.9 Å². The predicted octanol–water partition coefficient (Wildman–Crippen LogP) is 3.21. The topological polar surface area (TPSA) is 79.7 Å². The van der Waals surface area contributed by atoms with E-state index in [2.05, 4.69) is 4.98 Å². The number of nitrogens with zero attached hydrogens (tertiary/aromatic N) is 2. The lowest BCUT2D eigenvalue weighted by Gasteiger charge is -2.31. The van der Waals surface area contributed by atoms with Gasteiger partial charge in [0.25, 0.3) is 5.91 Å². The standard InChI is InChI=1S/C21H24N2O4/c1-14-9-18(20(24)23-8-4-6-17(12-23)21(25)26)10-15(2)19(14)27-13-16-5-3-7-22-11-16/h3,5,7,9-11,17H,4,6,8,12-13H2,1-2H3,(H,25,26)/t17-/m0/s1. The summed E-state index contributed by atoms with van der Waals surface area (Å²) < 4.78 is 5.94. The summed E-state index contributed by atoms with van der Waals surface area (Å²) in [4.78, 5) is 29.8. The second kappa shape index (κ2) is 8.20. The minimum atomic E-state index is -0.834. The van der Waals surface area contributed by atoms with E-state index in [1.165, 1.54) is 0 Å². The van der Waals surface area contributed by atoms with Crippen LogP contribution in [0.1, 0.15) is 39.9 Å². The highest BCUT2D eigenvalue weighted by atomic mass is 16.5. The third kappa shape index (κ3) is 4.45. The van der Waals surface area contributed by atoms with Crippen LogP contribution in [0.3, 0.4) is 0 Å². The maximum atomic E-state index is 12.8. The maximum Gasteiger partial charge on any atom is 0.308 e. The van der Waals surface area contributed by atoms with E-state index in [1.807, 2.05) is 38.1 Å². The van der Waals surface area contributed by atoms with E-state index in [0.29, 0.717) is 31.6 Å². The van der Waals surface area contributed by atoms with E-state index in [-0.39, 0.29) is 12.5 Å². The molecule has 1 aromatic heterocycles. The normalized spacial score (nSPS) is 16.8. The van der Waals surface area contributed by atoms with Gasteiger partial charge in [-0.25, -0.2) is 0 Å². The lowest BCUT2D eigenvalue weighted by molar-refractivity contribution is -0.143. The molecule has 6 nitrogen and oxygen atoms in total. The van der Waals surface area contributed by atoms with E-state index >= 15 is 0 Å². The van der Waals surface area contributed by atoms with Crippen LogP contribution in [0.5, 0.6) is 5.75 Å². The number of aliphatic carboxylic acids is 1. The number of aromatic nitrogens is 1. The van der Waals surface area contributed by atoms with Gasteiger partial charge < -0.3 is 14.7 Å². The number of hydrogen-bond acceptors (Lipinski definition) is 4. The van der Waals surface area contributed by atoms with Crippen LogP contribution in [0.4, 0.5) is 0 Å². The van der Waals surface area contributed by atoms with E-state index in [1.54, 1.807) is 17.3 Å². The number of benzene rings is 1. The summed E-state index contributed by atoms with van der Waals surface area (Å²) >= 11 is 0. The van der Waals surface area contributed by atoms with Gasteiger partial charge in [-0.1, -0.05) is 6.07 Å². The molecule has 2 heterocycles. The Bertz CT molecular complexity index is 812. The smallest absolute Gasteiger partial charge is 0.308 e. The van der Waals surface area contributed by atoms with Crippen molar-refractivity contribution < 1.29 is 19.4 Å². The van der Waals surface area contributed by atoms with Gasteiger partial charge in [-0.15, -0.1) is 0 Å². The highest BCUT2D eigenvalue weighted by Gasteiger charge is 2.29. The Morgan fingerprint density at radius 3 is 2.67 bits per heavy atom. The summed E-state index contributed by atoms with van der Waals surface area (Å²) in [5.41, 5.74) is 3.32. The number of aryl methyl sites for hydroxylation is 2. The molecule has 1 aliphatic rings. The van der Waals surface area contributed by atoms with Crippen molar-refractivity contribution in [2.75, 3.05) is 13.1 Å². The van der Waals surface area contributed by atoms with Crippen molar-refractivity contribution in [1.82, 2.24) is 9.88 Å². The maximum absolute atomic E-state index is 12.8. The van der Waals surface area contributed by atoms with Gasteiger partial charge in [0.1, 0.15) is 12.4 Å². The van der Waals surface area contributed by atoms with E-state index in [4.69, 9.17) is 4.74 Å². The molecule has 1 N–H and O–H groups in total. The molecule has 1 aliphatic heterocycles. The first-order valence-corrected chi connectivity index (χ1v) is 9.10. The van der Waals surface area contributed by atoms with Crippen LogP contribution in [0.2, 0.25) is 0 Å². The summed E-state index contributed by atoms with van der Waals surface area (Å²) in [6, 6.07) is 7.45. The molecular weight excluding hydrogens is 344 g/mol. The Hall–Kier alpha value is -2.89. The SMILES string of the molecule is Cc1cc(C(=O)N2CCC[C@H](C(=O)O)C2)cc(C)c1OCc1cccnc1. The zero-order valence-electron chi connectivity index (χ0n) is 15.6. The molecule has 1 saturated heterocycles. The number of hydrogen-bond donors (Lipinski definition) is 1. The second-order valence-corrected chi connectivity index (χ2v) is 7.02. The van der Waals surface area contributed by atoms with Crippen LogP contribution in [0.15, 0.2) is 36.7 Å². The van der Waals surface area contributed by atoms with Crippen molar-refractivity contribution in [3.63, 3.8) is 0 Å². The minimum absolute atomic E-state index is 0.119. The molecule has 0 saturated carbocycles. The van der Waals surface area contributed by atoms with Crippen LogP contribution in [0.25, 0.3) is 0 Å². The van der Waals surface area contributed by atoms with Crippen molar-refractivity contribution in [2.24, 2.45) is 5.92 Å². The number of carbonyl (C=O) groups is 2. The molecule has 0 aliphatic carbocycles. The van der Waals surface area contributed by atoms with Crippen molar-refractivity contribution in [2.45, 2.75) is 33.3 Å². The molecule has 0 radical (unpaired) electrons. The Morgan fingerprint density at radius 1 is 1.30 bits per heavy atom. The molecule has 0 bridgehead atoms. The van der Waals surface area contributed by atoms with Crippen LogP contribution in [-0.2, 0) is 11.4 Å².